The van der Waals surface area contributed by atoms with Gasteiger partial charge in [-0.3, -0.25) is 4.90 Å². The van der Waals surface area contributed by atoms with Crippen molar-refractivity contribution >= 4 is 5.97 Å². The molecule has 3 heteroatoms. The topological polar surface area (TPSA) is 29.5 Å². The van der Waals surface area contributed by atoms with Gasteiger partial charge in [0.2, 0.25) is 0 Å². The summed E-state index contributed by atoms with van der Waals surface area (Å²) in [5, 5.41) is 0. The Morgan fingerprint density at radius 3 is 2.62 bits per heavy atom. The number of rotatable bonds is 4. The van der Waals surface area contributed by atoms with Crippen molar-refractivity contribution in [1.82, 2.24) is 4.90 Å². The fraction of sp³-hybridized carbons (Fsp3) is 0.611. The third kappa shape index (κ3) is 4.31. The molecule has 0 amide bonds. The zero-order valence-electron chi connectivity index (χ0n) is 13.6. The predicted octanol–water partition coefficient (Wildman–Crippen LogP) is 3.80. The van der Waals surface area contributed by atoms with Crippen LogP contribution in [0.4, 0.5) is 0 Å². The lowest BCUT2D eigenvalue weighted by molar-refractivity contribution is 0.00811. The number of ether oxygens (including phenoxy) is 1. The molecule has 116 valence electrons. The molecule has 1 aromatic rings. The Labute approximate surface area is 128 Å². The van der Waals surface area contributed by atoms with Crippen LogP contribution in [0, 0.1) is 6.92 Å². The van der Waals surface area contributed by atoms with Crippen LogP contribution in [0.3, 0.4) is 0 Å². The fourth-order valence-electron chi connectivity index (χ4n) is 3.19. The Morgan fingerprint density at radius 1 is 1.33 bits per heavy atom. The highest BCUT2D eigenvalue weighted by Crippen LogP contribution is 2.23. The highest BCUT2D eigenvalue weighted by atomic mass is 16.5. The molecule has 1 aliphatic rings. The molecular weight excluding hydrogens is 262 g/mol. The number of hydrogen-bond donors (Lipinski definition) is 0. The molecule has 0 aromatic heterocycles. The van der Waals surface area contributed by atoms with E-state index in [0.717, 1.165) is 12.1 Å². The van der Waals surface area contributed by atoms with Crippen LogP contribution < -0.4 is 0 Å². The van der Waals surface area contributed by atoms with E-state index < -0.39 is 0 Å². The van der Waals surface area contributed by atoms with Crippen LogP contribution in [-0.2, 0) is 4.74 Å². The van der Waals surface area contributed by atoms with Crippen molar-refractivity contribution in [2.45, 2.75) is 65.1 Å². The number of esters is 1. The smallest absolute Gasteiger partial charge is 0.338 e. The molecule has 1 saturated heterocycles. The quantitative estimate of drug-likeness (QED) is 0.790. The van der Waals surface area contributed by atoms with Gasteiger partial charge in [0.05, 0.1) is 5.56 Å². The van der Waals surface area contributed by atoms with Crippen molar-refractivity contribution in [2.24, 2.45) is 0 Å². The van der Waals surface area contributed by atoms with Crippen molar-refractivity contribution in [2.75, 3.05) is 6.54 Å². The van der Waals surface area contributed by atoms with E-state index in [4.69, 9.17) is 4.74 Å². The third-order valence-electron chi connectivity index (χ3n) is 4.41. The number of hydrogen-bond acceptors (Lipinski definition) is 3. The largest absolute Gasteiger partial charge is 0.458 e. The van der Waals surface area contributed by atoms with Gasteiger partial charge in [0, 0.05) is 18.6 Å². The minimum absolute atomic E-state index is 0.0824. The second-order valence-electron chi connectivity index (χ2n) is 6.41. The molecule has 1 aromatic carbocycles. The summed E-state index contributed by atoms with van der Waals surface area (Å²) < 4.78 is 5.61. The van der Waals surface area contributed by atoms with Gasteiger partial charge in [0.15, 0.2) is 0 Å². The second-order valence-corrected chi connectivity index (χ2v) is 6.41. The van der Waals surface area contributed by atoms with Crippen LogP contribution in [0.2, 0.25) is 0 Å². The normalized spacial score (nSPS) is 24.6. The number of likely N-dealkylation sites (tertiary alicyclic amines) is 1. The first-order valence-corrected chi connectivity index (χ1v) is 8.00. The first kappa shape index (κ1) is 16.0. The summed E-state index contributed by atoms with van der Waals surface area (Å²) >= 11 is 0. The van der Waals surface area contributed by atoms with E-state index in [1.807, 2.05) is 38.1 Å². The van der Waals surface area contributed by atoms with Crippen molar-refractivity contribution in [1.29, 1.82) is 0 Å². The Kier molecular flexibility index (Phi) is 5.40. The van der Waals surface area contributed by atoms with E-state index in [0.29, 0.717) is 17.6 Å². The van der Waals surface area contributed by atoms with Gasteiger partial charge in [-0.2, -0.15) is 0 Å². The van der Waals surface area contributed by atoms with Crippen LogP contribution in [0.25, 0.3) is 0 Å². The van der Waals surface area contributed by atoms with E-state index in [1.165, 1.54) is 19.3 Å². The summed E-state index contributed by atoms with van der Waals surface area (Å²) in [4.78, 5) is 14.6. The minimum atomic E-state index is -0.219. The number of aryl methyl sites for hydroxylation is 1. The Morgan fingerprint density at radius 2 is 2.00 bits per heavy atom. The average Bonchev–Trinajstić information content (AvgIpc) is 2.43. The number of benzene rings is 1. The molecule has 3 atom stereocenters. The molecule has 1 aliphatic heterocycles. The molecule has 3 nitrogen and oxygen atoms in total. The highest BCUT2D eigenvalue weighted by Gasteiger charge is 2.26. The van der Waals surface area contributed by atoms with Crippen molar-refractivity contribution in [3.8, 4) is 0 Å². The SMILES string of the molecule is Cc1cccc(C(=O)O[C@@H](C)CN2[C@@H](C)CCC[C@@H]2C)c1. The monoisotopic (exact) mass is 289 g/mol. The van der Waals surface area contributed by atoms with Gasteiger partial charge < -0.3 is 4.74 Å². The fourth-order valence-corrected chi connectivity index (χ4v) is 3.19. The summed E-state index contributed by atoms with van der Waals surface area (Å²) in [6.07, 6.45) is 3.70. The number of carbonyl (C=O) groups is 1. The van der Waals surface area contributed by atoms with Crippen LogP contribution >= 0.6 is 0 Å². The van der Waals surface area contributed by atoms with Gasteiger partial charge in [0.1, 0.15) is 6.10 Å². The molecule has 0 spiro atoms. The van der Waals surface area contributed by atoms with E-state index in [-0.39, 0.29) is 12.1 Å². The summed E-state index contributed by atoms with van der Waals surface area (Å²) in [6.45, 7) is 9.33. The molecule has 2 rings (SSSR count). The third-order valence-corrected chi connectivity index (χ3v) is 4.41. The maximum atomic E-state index is 12.2. The van der Waals surface area contributed by atoms with Crippen molar-refractivity contribution < 1.29 is 9.53 Å². The van der Waals surface area contributed by atoms with E-state index in [1.54, 1.807) is 0 Å². The second kappa shape index (κ2) is 7.08. The average molecular weight is 289 g/mol. The summed E-state index contributed by atoms with van der Waals surface area (Å²) in [5.74, 6) is -0.219. The van der Waals surface area contributed by atoms with E-state index in [9.17, 15) is 4.79 Å². The lowest BCUT2D eigenvalue weighted by Gasteiger charge is -2.40. The molecule has 1 fully saturated rings. The molecule has 0 saturated carbocycles. The van der Waals surface area contributed by atoms with Crippen molar-refractivity contribution in [3.05, 3.63) is 35.4 Å². The zero-order chi connectivity index (χ0) is 15.4. The predicted molar refractivity (Wildman–Crippen MR) is 85.5 cm³/mol. The van der Waals surface area contributed by atoms with Gasteiger partial charge in [-0.05, 0) is 52.7 Å². The molecule has 0 radical (unpaired) electrons. The molecule has 0 bridgehead atoms. The lowest BCUT2D eigenvalue weighted by Crippen LogP contribution is -2.47. The molecular formula is C18H27NO2. The molecule has 21 heavy (non-hydrogen) atoms. The standard InChI is InChI=1S/C18H27NO2/c1-13-7-5-10-17(11-13)18(20)21-16(4)12-19-14(2)8-6-9-15(19)3/h5,7,10-11,14-16H,6,8-9,12H2,1-4H3/t14-,15-,16-/m0/s1. The zero-order valence-corrected chi connectivity index (χ0v) is 13.6. The number of piperidine rings is 1. The van der Waals surface area contributed by atoms with Crippen LogP contribution in [0.15, 0.2) is 24.3 Å². The Bertz CT molecular complexity index is 476. The van der Waals surface area contributed by atoms with Gasteiger partial charge in [-0.25, -0.2) is 4.79 Å². The Balaban J connectivity index is 1.92. The van der Waals surface area contributed by atoms with Gasteiger partial charge in [-0.1, -0.05) is 24.1 Å². The lowest BCUT2D eigenvalue weighted by atomic mass is 9.97. The summed E-state index contributed by atoms with van der Waals surface area (Å²) in [7, 11) is 0. The summed E-state index contributed by atoms with van der Waals surface area (Å²) in [6, 6.07) is 8.72. The molecule has 0 aliphatic carbocycles. The summed E-state index contributed by atoms with van der Waals surface area (Å²) in [5.41, 5.74) is 1.72. The number of carbonyl (C=O) groups excluding carboxylic acids is 1. The van der Waals surface area contributed by atoms with Gasteiger partial charge in [-0.15, -0.1) is 0 Å². The number of nitrogens with zero attached hydrogens (tertiary/aromatic N) is 1. The van der Waals surface area contributed by atoms with Crippen LogP contribution in [-0.4, -0.2) is 35.6 Å². The van der Waals surface area contributed by atoms with Gasteiger partial charge >= 0.3 is 5.97 Å². The van der Waals surface area contributed by atoms with Crippen LogP contribution in [0.1, 0.15) is 56.0 Å². The van der Waals surface area contributed by atoms with Crippen LogP contribution in [0.5, 0.6) is 0 Å². The first-order chi connectivity index (χ1) is 9.97. The van der Waals surface area contributed by atoms with E-state index in [2.05, 4.69) is 18.7 Å². The molecule has 0 unspecified atom stereocenters. The maximum absolute atomic E-state index is 12.2. The van der Waals surface area contributed by atoms with E-state index >= 15 is 0 Å². The van der Waals surface area contributed by atoms with Gasteiger partial charge in [0.25, 0.3) is 0 Å². The van der Waals surface area contributed by atoms with Crippen molar-refractivity contribution in [3.63, 3.8) is 0 Å². The first-order valence-electron chi connectivity index (χ1n) is 8.00. The molecule has 1 heterocycles. The Hall–Kier alpha value is -1.35. The maximum Gasteiger partial charge on any atom is 0.338 e. The highest BCUT2D eigenvalue weighted by molar-refractivity contribution is 5.89. The minimum Gasteiger partial charge on any atom is -0.458 e. The molecule has 0 N–H and O–H groups in total.